The summed E-state index contributed by atoms with van der Waals surface area (Å²) in [4.78, 5) is 2.45. The third kappa shape index (κ3) is 2.33. The smallest absolute Gasteiger partial charge is 0.0710 e. The van der Waals surface area contributed by atoms with Crippen molar-refractivity contribution in [1.29, 1.82) is 0 Å². The molecule has 2 N–H and O–H groups in total. The Morgan fingerprint density at radius 2 is 2.40 bits per heavy atom. The molecular formula is C11H22N2O2. The van der Waals surface area contributed by atoms with Gasteiger partial charge < -0.3 is 15.2 Å². The fraction of sp³-hybridized carbons (Fsp3) is 1.00. The first kappa shape index (κ1) is 11.3. The van der Waals surface area contributed by atoms with Crippen LogP contribution in [0, 0.1) is 5.41 Å². The van der Waals surface area contributed by atoms with Crippen molar-refractivity contribution >= 4 is 0 Å². The molecule has 0 spiro atoms. The lowest BCUT2D eigenvalue weighted by atomic mass is 9.85. The minimum atomic E-state index is 0.128. The van der Waals surface area contributed by atoms with Crippen molar-refractivity contribution in [2.24, 2.45) is 11.1 Å². The molecule has 2 heterocycles. The van der Waals surface area contributed by atoms with Gasteiger partial charge in [-0.15, -0.1) is 0 Å². The monoisotopic (exact) mass is 214 g/mol. The maximum Gasteiger partial charge on any atom is 0.0710 e. The molecule has 2 fully saturated rings. The molecule has 0 amide bonds. The van der Waals surface area contributed by atoms with Crippen LogP contribution < -0.4 is 5.73 Å². The Morgan fingerprint density at radius 1 is 1.60 bits per heavy atom. The van der Waals surface area contributed by atoms with Crippen molar-refractivity contribution in [2.45, 2.75) is 25.5 Å². The average molecular weight is 214 g/mol. The average Bonchev–Trinajstić information content (AvgIpc) is 2.76. The van der Waals surface area contributed by atoms with E-state index in [1.165, 1.54) is 0 Å². The fourth-order valence-electron chi connectivity index (χ4n) is 2.53. The number of hydrogen-bond acceptors (Lipinski definition) is 4. The van der Waals surface area contributed by atoms with E-state index in [0.717, 1.165) is 32.7 Å². The normalized spacial score (nSPS) is 42.6. The molecule has 3 unspecified atom stereocenters. The molecule has 0 aromatic heterocycles. The number of rotatable bonds is 3. The Kier molecular flexibility index (Phi) is 3.30. The van der Waals surface area contributed by atoms with Crippen molar-refractivity contribution in [3.05, 3.63) is 0 Å². The molecule has 0 aliphatic carbocycles. The number of nitrogens with two attached hydrogens (primary N) is 1. The summed E-state index contributed by atoms with van der Waals surface area (Å²) in [6.07, 6.45) is 1.55. The molecule has 0 bridgehead atoms. The Hall–Kier alpha value is -0.160. The van der Waals surface area contributed by atoms with Crippen molar-refractivity contribution in [1.82, 2.24) is 4.90 Å². The number of ether oxygens (including phenoxy) is 2. The number of methoxy groups -OCH3 is 1. The summed E-state index contributed by atoms with van der Waals surface area (Å²) in [7, 11) is 1.79. The Morgan fingerprint density at radius 3 is 2.93 bits per heavy atom. The van der Waals surface area contributed by atoms with Crippen LogP contribution in [0.2, 0.25) is 0 Å². The van der Waals surface area contributed by atoms with Crippen LogP contribution in [-0.2, 0) is 9.47 Å². The van der Waals surface area contributed by atoms with Gasteiger partial charge in [0, 0.05) is 38.2 Å². The lowest BCUT2D eigenvalue weighted by Gasteiger charge is -2.31. The molecule has 2 rings (SSSR count). The van der Waals surface area contributed by atoms with E-state index in [9.17, 15) is 0 Å². The molecule has 2 saturated heterocycles. The molecule has 0 aromatic rings. The number of hydrogen-bond donors (Lipinski definition) is 1. The van der Waals surface area contributed by atoms with E-state index < -0.39 is 0 Å². The first-order valence-electron chi connectivity index (χ1n) is 5.72. The minimum Gasteiger partial charge on any atom is -0.380 e. The number of likely N-dealkylation sites (tertiary alicyclic amines) is 1. The highest BCUT2D eigenvalue weighted by Crippen LogP contribution is 2.29. The maximum atomic E-state index is 6.08. The summed E-state index contributed by atoms with van der Waals surface area (Å²) in [6.45, 7) is 6.93. The third-order valence-electron chi connectivity index (χ3n) is 3.77. The molecule has 3 atom stereocenters. The minimum absolute atomic E-state index is 0.128. The maximum absolute atomic E-state index is 6.08. The van der Waals surface area contributed by atoms with Crippen LogP contribution in [0.15, 0.2) is 0 Å². The van der Waals surface area contributed by atoms with Crippen LogP contribution >= 0.6 is 0 Å². The van der Waals surface area contributed by atoms with E-state index in [4.69, 9.17) is 15.2 Å². The standard InChI is InChI=1S/C11H22N2O2/c1-11(8-15-6-10(11)12)7-13-4-3-9(5-13)14-2/h9-10H,3-8,12H2,1-2H3. The molecule has 88 valence electrons. The van der Waals surface area contributed by atoms with Gasteiger partial charge in [0.15, 0.2) is 0 Å². The third-order valence-corrected chi connectivity index (χ3v) is 3.77. The van der Waals surface area contributed by atoms with Gasteiger partial charge in [0.25, 0.3) is 0 Å². The molecule has 2 aliphatic heterocycles. The van der Waals surface area contributed by atoms with Crippen molar-refractivity contribution in [3.8, 4) is 0 Å². The van der Waals surface area contributed by atoms with Crippen molar-refractivity contribution < 1.29 is 9.47 Å². The van der Waals surface area contributed by atoms with E-state index in [1.807, 2.05) is 0 Å². The Labute approximate surface area is 91.7 Å². The fourth-order valence-corrected chi connectivity index (χ4v) is 2.53. The second kappa shape index (κ2) is 4.37. The second-order valence-electron chi connectivity index (χ2n) is 5.16. The van der Waals surface area contributed by atoms with Gasteiger partial charge in [0.2, 0.25) is 0 Å². The SMILES string of the molecule is COC1CCN(CC2(C)COCC2N)C1. The summed E-state index contributed by atoms with van der Waals surface area (Å²) in [5.74, 6) is 0. The zero-order valence-corrected chi connectivity index (χ0v) is 9.74. The zero-order chi connectivity index (χ0) is 10.9. The summed E-state index contributed by atoms with van der Waals surface area (Å²) < 4.78 is 10.8. The molecule has 15 heavy (non-hydrogen) atoms. The summed E-state index contributed by atoms with van der Waals surface area (Å²) >= 11 is 0. The topological polar surface area (TPSA) is 47.7 Å². The molecule has 0 saturated carbocycles. The lowest BCUT2D eigenvalue weighted by molar-refractivity contribution is 0.0923. The van der Waals surface area contributed by atoms with Gasteiger partial charge in [0.05, 0.1) is 19.3 Å². The predicted molar refractivity (Wildman–Crippen MR) is 58.8 cm³/mol. The van der Waals surface area contributed by atoms with Crippen LogP contribution in [0.3, 0.4) is 0 Å². The first-order valence-corrected chi connectivity index (χ1v) is 5.72. The van der Waals surface area contributed by atoms with Crippen LogP contribution in [0.4, 0.5) is 0 Å². The molecule has 4 nitrogen and oxygen atoms in total. The molecular weight excluding hydrogens is 192 g/mol. The summed E-state index contributed by atoms with van der Waals surface area (Å²) in [5, 5.41) is 0. The van der Waals surface area contributed by atoms with E-state index in [1.54, 1.807) is 7.11 Å². The highest BCUT2D eigenvalue weighted by atomic mass is 16.5. The molecule has 2 aliphatic rings. The van der Waals surface area contributed by atoms with Crippen LogP contribution in [0.1, 0.15) is 13.3 Å². The zero-order valence-electron chi connectivity index (χ0n) is 9.74. The lowest BCUT2D eigenvalue weighted by Crippen LogP contribution is -2.46. The summed E-state index contributed by atoms with van der Waals surface area (Å²) in [6, 6.07) is 0.180. The van der Waals surface area contributed by atoms with E-state index in [-0.39, 0.29) is 11.5 Å². The van der Waals surface area contributed by atoms with Crippen LogP contribution in [0.25, 0.3) is 0 Å². The van der Waals surface area contributed by atoms with Gasteiger partial charge in [-0.2, -0.15) is 0 Å². The molecule has 4 heteroatoms. The quantitative estimate of drug-likeness (QED) is 0.722. The summed E-state index contributed by atoms with van der Waals surface area (Å²) in [5.41, 5.74) is 6.20. The first-order chi connectivity index (χ1) is 7.14. The van der Waals surface area contributed by atoms with E-state index in [0.29, 0.717) is 12.7 Å². The van der Waals surface area contributed by atoms with Gasteiger partial charge in [0.1, 0.15) is 0 Å². The molecule has 0 aromatic carbocycles. The van der Waals surface area contributed by atoms with Crippen molar-refractivity contribution in [3.63, 3.8) is 0 Å². The van der Waals surface area contributed by atoms with Gasteiger partial charge in [-0.05, 0) is 6.42 Å². The highest BCUT2D eigenvalue weighted by molar-refractivity contribution is 4.93. The highest BCUT2D eigenvalue weighted by Gasteiger charge is 2.40. The largest absolute Gasteiger partial charge is 0.380 e. The van der Waals surface area contributed by atoms with Crippen LogP contribution in [-0.4, -0.2) is 57.0 Å². The predicted octanol–water partition coefficient (Wildman–Crippen LogP) is 0.0709. The second-order valence-corrected chi connectivity index (χ2v) is 5.16. The van der Waals surface area contributed by atoms with E-state index >= 15 is 0 Å². The van der Waals surface area contributed by atoms with E-state index in [2.05, 4.69) is 11.8 Å². The van der Waals surface area contributed by atoms with Gasteiger partial charge in [-0.25, -0.2) is 0 Å². The van der Waals surface area contributed by atoms with Gasteiger partial charge >= 0.3 is 0 Å². The molecule has 0 radical (unpaired) electrons. The Balaban J connectivity index is 1.86. The number of nitrogens with zero attached hydrogens (tertiary/aromatic N) is 1. The van der Waals surface area contributed by atoms with Crippen LogP contribution in [0.5, 0.6) is 0 Å². The Bertz CT molecular complexity index is 225. The van der Waals surface area contributed by atoms with Crippen molar-refractivity contribution in [2.75, 3.05) is 40.0 Å². The van der Waals surface area contributed by atoms with Gasteiger partial charge in [-0.3, -0.25) is 4.90 Å². The van der Waals surface area contributed by atoms with Gasteiger partial charge in [-0.1, -0.05) is 6.92 Å².